The predicted molar refractivity (Wildman–Crippen MR) is 91.9 cm³/mol. The number of hydrogen-bond donors (Lipinski definition) is 1. The SMILES string of the molecule is CCC(N)C(C)Oc1ccc(C(C)(C)CC(C)(C)C)cc1. The highest BCUT2D eigenvalue weighted by molar-refractivity contribution is 5.32. The molecule has 0 bridgehead atoms. The average Bonchev–Trinajstić information content (AvgIpc) is 2.35. The second kappa shape index (κ2) is 6.83. The third-order valence-electron chi connectivity index (χ3n) is 4.00. The molecule has 0 aliphatic rings. The van der Waals surface area contributed by atoms with Crippen molar-refractivity contribution in [2.45, 2.75) is 78.9 Å². The molecule has 2 atom stereocenters. The van der Waals surface area contributed by atoms with E-state index in [4.69, 9.17) is 10.5 Å². The molecule has 0 aliphatic heterocycles. The summed E-state index contributed by atoms with van der Waals surface area (Å²) in [6.07, 6.45) is 2.12. The van der Waals surface area contributed by atoms with E-state index >= 15 is 0 Å². The van der Waals surface area contributed by atoms with Gasteiger partial charge in [0.2, 0.25) is 0 Å². The van der Waals surface area contributed by atoms with E-state index in [0.29, 0.717) is 5.41 Å². The van der Waals surface area contributed by atoms with Crippen LogP contribution in [0.5, 0.6) is 5.75 Å². The number of ether oxygens (including phenoxy) is 1. The van der Waals surface area contributed by atoms with Gasteiger partial charge in [-0.2, -0.15) is 0 Å². The van der Waals surface area contributed by atoms with Crippen molar-refractivity contribution in [2.75, 3.05) is 0 Å². The summed E-state index contributed by atoms with van der Waals surface area (Å²) >= 11 is 0. The smallest absolute Gasteiger partial charge is 0.119 e. The van der Waals surface area contributed by atoms with Gasteiger partial charge in [0.05, 0.1) is 0 Å². The summed E-state index contributed by atoms with van der Waals surface area (Å²) in [6.45, 7) is 15.6. The molecule has 0 amide bonds. The van der Waals surface area contributed by atoms with Crippen molar-refractivity contribution in [1.29, 1.82) is 0 Å². The topological polar surface area (TPSA) is 35.2 Å². The van der Waals surface area contributed by atoms with E-state index in [-0.39, 0.29) is 17.6 Å². The van der Waals surface area contributed by atoms with E-state index in [9.17, 15) is 0 Å². The molecule has 0 saturated heterocycles. The molecule has 1 rings (SSSR count). The van der Waals surface area contributed by atoms with Crippen LogP contribution in [0, 0.1) is 5.41 Å². The third-order valence-corrected chi connectivity index (χ3v) is 4.00. The molecule has 0 spiro atoms. The van der Waals surface area contributed by atoms with Gasteiger partial charge in [-0.25, -0.2) is 0 Å². The Kier molecular flexibility index (Phi) is 5.86. The van der Waals surface area contributed by atoms with Crippen LogP contribution in [0.15, 0.2) is 24.3 Å². The van der Waals surface area contributed by atoms with Gasteiger partial charge in [0.15, 0.2) is 0 Å². The lowest BCUT2D eigenvalue weighted by Gasteiger charge is -2.33. The Morgan fingerprint density at radius 2 is 1.57 bits per heavy atom. The first-order valence-corrected chi connectivity index (χ1v) is 8.08. The fourth-order valence-electron chi connectivity index (χ4n) is 3.05. The summed E-state index contributed by atoms with van der Waals surface area (Å²) in [7, 11) is 0. The van der Waals surface area contributed by atoms with Crippen molar-refractivity contribution in [3.8, 4) is 5.75 Å². The fourth-order valence-corrected chi connectivity index (χ4v) is 3.05. The van der Waals surface area contributed by atoms with Crippen LogP contribution in [-0.4, -0.2) is 12.1 Å². The molecule has 0 fully saturated rings. The van der Waals surface area contributed by atoms with Gasteiger partial charge in [0.25, 0.3) is 0 Å². The standard InChI is InChI=1S/C19H33NO/c1-8-17(20)14(2)21-16-11-9-15(10-12-16)19(6,7)13-18(3,4)5/h9-12,14,17H,8,13,20H2,1-7H3. The summed E-state index contributed by atoms with van der Waals surface area (Å²) in [5, 5.41) is 0. The summed E-state index contributed by atoms with van der Waals surface area (Å²) in [5.41, 5.74) is 7.86. The maximum Gasteiger partial charge on any atom is 0.119 e. The number of benzene rings is 1. The molecule has 1 aromatic carbocycles. The van der Waals surface area contributed by atoms with E-state index in [0.717, 1.165) is 18.6 Å². The van der Waals surface area contributed by atoms with Crippen LogP contribution in [0.25, 0.3) is 0 Å². The lowest BCUT2D eigenvalue weighted by molar-refractivity contribution is 0.187. The highest BCUT2D eigenvalue weighted by atomic mass is 16.5. The average molecular weight is 291 g/mol. The Labute approximate surface area is 131 Å². The maximum atomic E-state index is 6.01. The monoisotopic (exact) mass is 291 g/mol. The van der Waals surface area contributed by atoms with Gasteiger partial charge in [0, 0.05) is 6.04 Å². The molecular weight excluding hydrogens is 258 g/mol. The molecule has 120 valence electrons. The van der Waals surface area contributed by atoms with Crippen molar-refractivity contribution in [3.05, 3.63) is 29.8 Å². The van der Waals surface area contributed by atoms with Gasteiger partial charge in [-0.3, -0.25) is 0 Å². The lowest BCUT2D eigenvalue weighted by atomic mass is 9.72. The molecule has 0 aromatic heterocycles. The first-order valence-electron chi connectivity index (χ1n) is 8.08. The molecule has 2 unspecified atom stereocenters. The number of nitrogens with two attached hydrogens (primary N) is 1. The van der Waals surface area contributed by atoms with Crippen LogP contribution in [0.3, 0.4) is 0 Å². The molecule has 0 radical (unpaired) electrons. The Bertz CT molecular complexity index is 428. The molecular formula is C19H33NO. The fraction of sp³-hybridized carbons (Fsp3) is 0.684. The molecule has 0 saturated carbocycles. The zero-order valence-corrected chi connectivity index (χ0v) is 14.9. The van der Waals surface area contributed by atoms with Crippen molar-refractivity contribution in [2.24, 2.45) is 11.1 Å². The first kappa shape index (κ1) is 18.0. The lowest BCUT2D eigenvalue weighted by Crippen LogP contribution is -2.35. The van der Waals surface area contributed by atoms with Crippen LogP contribution >= 0.6 is 0 Å². The molecule has 21 heavy (non-hydrogen) atoms. The second-order valence-corrected chi connectivity index (χ2v) is 8.04. The zero-order valence-electron chi connectivity index (χ0n) is 14.9. The van der Waals surface area contributed by atoms with Crippen molar-refractivity contribution < 1.29 is 4.74 Å². The minimum absolute atomic E-state index is 0.0448. The van der Waals surface area contributed by atoms with Crippen LogP contribution < -0.4 is 10.5 Å². The summed E-state index contributed by atoms with van der Waals surface area (Å²) < 4.78 is 5.91. The largest absolute Gasteiger partial charge is 0.489 e. The van der Waals surface area contributed by atoms with E-state index in [2.05, 4.69) is 65.8 Å². The number of hydrogen-bond acceptors (Lipinski definition) is 2. The minimum Gasteiger partial charge on any atom is -0.489 e. The highest BCUT2D eigenvalue weighted by Crippen LogP contribution is 2.36. The number of rotatable bonds is 6. The summed E-state index contributed by atoms with van der Waals surface area (Å²) in [6, 6.07) is 8.59. The van der Waals surface area contributed by atoms with E-state index in [1.165, 1.54) is 5.56 Å². The van der Waals surface area contributed by atoms with E-state index < -0.39 is 0 Å². The van der Waals surface area contributed by atoms with Gasteiger partial charge in [-0.05, 0) is 48.3 Å². The predicted octanol–water partition coefficient (Wildman–Crippen LogP) is 4.91. The summed E-state index contributed by atoms with van der Waals surface area (Å²) in [5.74, 6) is 0.904. The van der Waals surface area contributed by atoms with Crippen LogP contribution in [-0.2, 0) is 5.41 Å². The quantitative estimate of drug-likeness (QED) is 0.808. The van der Waals surface area contributed by atoms with E-state index in [1.807, 2.05) is 6.92 Å². The normalized spacial score (nSPS) is 15.6. The Balaban J connectivity index is 2.78. The minimum atomic E-state index is 0.0448. The molecule has 0 aliphatic carbocycles. The van der Waals surface area contributed by atoms with Gasteiger partial charge < -0.3 is 10.5 Å². The molecule has 0 heterocycles. The third kappa shape index (κ3) is 5.70. The maximum absolute atomic E-state index is 6.01. The molecule has 2 nitrogen and oxygen atoms in total. The Hall–Kier alpha value is -1.02. The second-order valence-electron chi connectivity index (χ2n) is 8.04. The molecule has 1 aromatic rings. The van der Waals surface area contributed by atoms with Gasteiger partial charge in [0.1, 0.15) is 11.9 Å². The van der Waals surface area contributed by atoms with Gasteiger partial charge >= 0.3 is 0 Å². The van der Waals surface area contributed by atoms with Crippen LogP contribution in [0.4, 0.5) is 0 Å². The van der Waals surface area contributed by atoms with Crippen LogP contribution in [0.2, 0.25) is 0 Å². The Morgan fingerprint density at radius 3 is 2.00 bits per heavy atom. The molecule has 2 N–H and O–H groups in total. The Morgan fingerprint density at radius 1 is 1.05 bits per heavy atom. The van der Waals surface area contributed by atoms with Gasteiger partial charge in [-0.15, -0.1) is 0 Å². The zero-order chi connectivity index (χ0) is 16.3. The van der Waals surface area contributed by atoms with Crippen molar-refractivity contribution in [1.82, 2.24) is 0 Å². The molecule has 2 heteroatoms. The van der Waals surface area contributed by atoms with E-state index in [1.54, 1.807) is 0 Å². The van der Waals surface area contributed by atoms with Gasteiger partial charge in [-0.1, -0.05) is 53.7 Å². The van der Waals surface area contributed by atoms with Crippen molar-refractivity contribution >= 4 is 0 Å². The van der Waals surface area contributed by atoms with Crippen LogP contribution in [0.1, 0.15) is 66.9 Å². The van der Waals surface area contributed by atoms with Crippen molar-refractivity contribution in [3.63, 3.8) is 0 Å². The summed E-state index contributed by atoms with van der Waals surface area (Å²) in [4.78, 5) is 0. The first-order chi connectivity index (χ1) is 9.55. The highest BCUT2D eigenvalue weighted by Gasteiger charge is 2.27.